The third kappa shape index (κ3) is 3.84. The largest absolute Gasteiger partial charge is 0.355 e. The molecule has 0 unspecified atom stereocenters. The highest BCUT2D eigenvalue weighted by Gasteiger charge is 2.28. The van der Waals surface area contributed by atoms with Crippen molar-refractivity contribution >= 4 is 23.3 Å². The highest BCUT2D eigenvalue weighted by atomic mass is 32.2. The van der Waals surface area contributed by atoms with Crippen molar-refractivity contribution in [3.05, 3.63) is 33.9 Å². The Morgan fingerprint density at radius 2 is 1.79 bits per heavy atom. The van der Waals surface area contributed by atoms with Gasteiger partial charge in [0.25, 0.3) is 0 Å². The minimum Gasteiger partial charge on any atom is -0.355 e. The summed E-state index contributed by atoms with van der Waals surface area (Å²) in [5.74, 6) is 0.0105. The van der Waals surface area contributed by atoms with E-state index in [2.05, 4.69) is 16.5 Å². The zero-order valence-corrected chi connectivity index (χ0v) is 18.6. The highest BCUT2D eigenvalue weighted by molar-refractivity contribution is 8.00. The number of nitrogens with zero attached hydrogens (tertiary/aromatic N) is 2. The number of ketones is 2. The lowest BCUT2D eigenvalue weighted by molar-refractivity contribution is 0.0988. The average molecular weight is 402 g/mol. The smallest absolute Gasteiger partial charge is 0.192 e. The number of Topliss-reactive ketones (excluding diaryl/α,β-unsaturated/α-hetero) is 2. The third-order valence-corrected chi connectivity index (χ3v) is 7.05. The van der Waals surface area contributed by atoms with E-state index in [1.54, 1.807) is 6.92 Å². The van der Waals surface area contributed by atoms with Crippen LogP contribution < -0.4 is 0 Å². The molecule has 1 fully saturated rings. The second-order valence-corrected chi connectivity index (χ2v) is 9.34. The molecule has 1 aliphatic rings. The SMILES string of the molecule is CC(=O)c1c(C)[nH]c(C(=O)[C@H](C)Sc2nc(C)c(C)n2C2CCCCC2)c1C. The summed E-state index contributed by atoms with van der Waals surface area (Å²) in [5.41, 5.74) is 4.95. The van der Waals surface area contributed by atoms with Gasteiger partial charge in [-0.25, -0.2) is 4.98 Å². The maximum atomic E-state index is 13.1. The molecule has 1 N–H and O–H groups in total. The van der Waals surface area contributed by atoms with Crippen LogP contribution in [0.3, 0.4) is 0 Å². The number of aromatic amines is 1. The predicted molar refractivity (Wildman–Crippen MR) is 114 cm³/mol. The van der Waals surface area contributed by atoms with E-state index in [4.69, 9.17) is 4.98 Å². The summed E-state index contributed by atoms with van der Waals surface area (Å²) in [6.07, 6.45) is 6.20. The van der Waals surface area contributed by atoms with E-state index >= 15 is 0 Å². The summed E-state index contributed by atoms with van der Waals surface area (Å²) in [4.78, 5) is 33.0. The number of aromatic nitrogens is 3. The molecule has 0 amide bonds. The molecule has 1 atom stereocenters. The number of hydrogen-bond donors (Lipinski definition) is 1. The van der Waals surface area contributed by atoms with Gasteiger partial charge in [-0.3, -0.25) is 9.59 Å². The van der Waals surface area contributed by atoms with Crippen molar-refractivity contribution in [1.82, 2.24) is 14.5 Å². The quantitative estimate of drug-likeness (QED) is 0.511. The molecule has 2 aromatic rings. The molecule has 0 bridgehead atoms. The van der Waals surface area contributed by atoms with Gasteiger partial charge >= 0.3 is 0 Å². The molecule has 0 saturated heterocycles. The van der Waals surface area contributed by atoms with Crippen LogP contribution in [0.25, 0.3) is 0 Å². The van der Waals surface area contributed by atoms with Gasteiger partial charge in [-0.15, -0.1) is 0 Å². The number of carbonyl (C=O) groups excluding carboxylic acids is 2. The lowest BCUT2D eigenvalue weighted by atomic mass is 9.95. The first-order chi connectivity index (χ1) is 13.2. The molecular formula is C22H31N3O2S. The van der Waals surface area contributed by atoms with Crippen molar-refractivity contribution in [2.75, 3.05) is 0 Å². The Labute approximate surface area is 171 Å². The molecule has 0 radical (unpaired) electrons. The molecule has 0 spiro atoms. The van der Waals surface area contributed by atoms with Crippen LogP contribution in [0.4, 0.5) is 0 Å². The van der Waals surface area contributed by atoms with Crippen LogP contribution in [0.5, 0.6) is 0 Å². The van der Waals surface area contributed by atoms with Crippen molar-refractivity contribution in [2.45, 2.75) is 90.1 Å². The van der Waals surface area contributed by atoms with Crippen LogP contribution in [-0.4, -0.2) is 31.4 Å². The summed E-state index contributed by atoms with van der Waals surface area (Å²) < 4.78 is 2.36. The Morgan fingerprint density at radius 3 is 2.36 bits per heavy atom. The van der Waals surface area contributed by atoms with E-state index in [1.165, 1.54) is 49.6 Å². The molecule has 2 aromatic heterocycles. The van der Waals surface area contributed by atoms with Crippen molar-refractivity contribution in [2.24, 2.45) is 0 Å². The van der Waals surface area contributed by atoms with Crippen LogP contribution in [0.15, 0.2) is 5.16 Å². The molecule has 28 heavy (non-hydrogen) atoms. The summed E-state index contributed by atoms with van der Waals surface area (Å²) >= 11 is 1.53. The number of rotatable bonds is 6. The minimum atomic E-state index is -0.278. The van der Waals surface area contributed by atoms with Gasteiger partial charge in [0.1, 0.15) is 0 Å². The fourth-order valence-electron chi connectivity index (χ4n) is 4.39. The minimum absolute atomic E-state index is 0.00954. The summed E-state index contributed by atoms with van der Waals surface area (Å²) in [6, 6.07) is 0.485. The third-order valence-electron chi connectivity index (χ3n) is 5.98. The van der Waals surface area contributed by atoms with Crippen LogP contribution in [-0.2, 0) is 0 Å². The molecule has 6 heteroatoms. The Morgan fingerprint density at radius 1 is 1.14 bits per heavy atom. The Hall–Kier alpha value is -1.82. The van der Waals surface area contributed by atoms with Crippen LogP contribution in [0.1, 0.15) is 95.5 Å². The normalized spacial score (nSPS) is 16.4. The standard InChI is InChI=1S/C22H31N3O2S/c1-12-19(16(5)26)14(3)23-20(12)21(27)17(6)28-22-24-13(2)15(4)25(22)18-10-8-7-9-11-18/h17-18,23H,7-11H2,1-6H3/t17-/m0/s1. The molecule has 3 rings (SSSR count). The van der Waals surface area contributed by atoms with E-state index in [1.807, 2.05) is 27.7 Å². The molecule has 0 aromatic carbocycles. The zero-order valence-electron chi connectivity index (χ0n) is 17.8. The van der Waals surface area contributed by atoms with Crippen LogP contribution in [0.2, 0.25) is 0 Å². The molecule has 0 aliphatic heterocycles. The summed E-state index contributed by atoms with van der Waals surface area (Å²) in [6.45, 7) is 11.3. The Kier molecular flexibility index (Phi) is 6.18. The van der Waals surface area contributed by atoms with E-state index in [9.17, 15) is 9.59 Å². The van der Waals surface area contributed by atoms with Gasteiger partial charge in [0.15, 0.2) is 16.7 Å². The second-order valence-electron chi connectivity index (χ2n) is 8.03. The number of hydrogen-bond acceptors (Lipinski definition) is 4. The molecule has 1 saturated carbocycles. The number of thioether (sulfide) groups is 1. The number of carbonyl (C=O) groups is 2. The second kappa shape index (κ2) is 8.27. The number of aryl methyl sites for hydroxylation is 2. The van der Waals surface area contributed by atoms with Gasteiger partial charge in [-0.05, 0) is 59.9 Å². The van der Waals surface area contributed by atoms with Crippen molar-refractivity contribution in [3.63, 3.8) is 0 Å². The maximum absolute atomic E-state index is 13.1. The van der Waals surface area contributed by atoms with E-state index < -0.39 is 0 Å². The van der Waals surface area contributed by atoms with E-state index in [0.717, 1.165) is 22.1 Å². The number of imidazole rings is 1. The zero-order chi connectivity index (χ0) is 20.6. The molecule has 1 aliphatic carbocycles. The Bertz CT molecular complexity index is 904. The van der Waals surface area contributed by atoms with Gasteiger partial charge in [-0.2, -0.15) is 0 Å². The first kappa shape index (κ1) is 20.9. The first-order valence-corrected chi connectivity index (χ1v) is 11.1. The molecule has 152 valence electrons. The predicted octanol–water partition coefficient (Wildman–Crippen LogP) is 5.52. The molecule has 5 nitrogen and oxygen atoms in total. The van der Waals surface area contributed by atoms with Gasteiger partial charge < -0.3 is 9.55 Å². The van der Waals surface area contributed by atoms with Gasteiger partial charge in [0.2, 0.25) is 0 Å². The lowest BCUT2D eigenvalue weighted by Crippen LogP contribution is -2.19. The van der Waals surface area contributed by atoms with Gasteiger partial charge in [-0.1, -0.05) is 31.0 Å². The van der Waals surface area contributed by atoms with Gasteiger partial charge in [0.05, 0.1) is 16.6 Å². The average Bonchev–Trinajstić information content (AvgIpc) is 3.10. The maximum Gasteiger partial charge on any atom is 0.192 e. The summed E-state index contributed by atoms with van der Waals surface area (Å²) in [7, 11) is 0. The molecular weight excluding hydrogens is 370 g/mol. The van der Waals surface area contributed by atoms with Crippen molar-refractivity contribution in [1.29, 1.82) is 0 Å². The Balaban J connectivity index is 1.86. The fourth-order valence-corrected chi connectivity index (χ4v) is 5.52. The van der Waals surface area contributed by atoms with Crippen molar-refractivity contribution < 1.29 is 9.59 Å². The lowest BCUT2D eigenvalue weighted by Gasteiger charge is -2.26. The number of H-pyrrole nitrogens is 1. The topological polar surface area (TPSA) is 67.8 Å². The molecule has 2 heterocycles. The van der Waals surface area contributed by atoms with Crippen LogP contribution in [0, 0.1) is 27.7 Å². The monoisotopic (exact) mass is 401 g/mol. The first-order valence-electron chi connectivity index (χ1n) is 10.2. The van der Waals surface area contributed by atoms with Gasteiger partial charge in [0, 0.05) is 23.0 Å². The summed E-state index contributed by atoms with van der Waals surface area (Å²) in [5, 5.41) is 0.663. The van der Waals surface area contributed by atoms with Crippen LogP contribution >= 0.6 is 11.8 Å². The van der Waals surface area contributed by atoms with E-state index in [-0.39, 0.29) is 16.8 Å². The number of nitrogens with one attached hydrogen (secondary N) is 1. The fraction of sp³-hybridized carbons (Fsp3) is 0.591. The van der Waals surface area contributed by atoms with E-state index in [0.29, 0.717) is 17.3 Å². The highest BCUT2D eigenvalue weighted by Crippen LogP contribution is 2.36. The van der Waals surface area contributed by atoms with Crippen molar-refractivity contribution in [3.8, 4) is 0 Å².